The van der Waals surface area contributed by atoms with Crippen LogP contribution in [0.15, 0.2) is 12.4 Å². The molecule has 4 nitrogen and oxygen atoms in total. The molecule has 102 valence electrons. The Balaban J connectivity index is 2.19. The minimum Gasteiger partial charge on any atom is -0.379 e. The molecule has 2 rings (SSSR count). The van der Waals surface area contributed by atoms with Gasteiger partial charge in [-0.1, -0.05) is 13.8 Å². The second kappa shape index (κ2) is 6.34. The van der Waals surface area contributed by atoms with Gasteiger partial charge in [0.15, 0.2) is 0 Å². The molecule has 2 atom stereocenters. The van der Waals surface area contributed by atoms with Crippen LogP contribution in [0.1, 0.15) is 45.0 Å². The molecule has 2 unspecified atom stereocenters. The first-order valence-electron chi connectivity index (χ1n) is 7.09. The highest BCUT2D eigenvalue weighted by atomic mass is 16.5. The van der Waals surface area contributed by atoms with Gasteiger partial charge in [0.1, 0.15) is 5.82 Å². The Hall–Kier alpha value is -0.870. The summed E-state index contributed by atoms with van der Waals surface area (Å²) in [7, 11) is 1.82. The zero-order valence-corrected chi connectivity index (χ0v) is 11.7. The molecule has 1 heterocycles. The zero-order valence-electron chi connectivity index (χ0n) is 11.7. The summed E-state index contributed by atoms with van der Waals surface area (Å²) in [6.45, 7) is 6.30. The largest absolute Gasteiger partial charge is 0.379 e. The van der Waals surface area contributed by atoms with Crippen molar-refractivity contribution in [1.82, 2.24) is 14.9 Å². The van der Waals surface area contributed by atoms with Gasteiger partial charge < -0.3 is 14.6 Å². The van der Waals surface area contributed by atoms with E-state index in [1.165, 1.54) is 12.8 Å². The van der Waals surface area contributed by atoms with E-state index in [0.717, 1.165) is 25.3 Å². The van der Waals surface area contributed by atoms with Gasteiger partial charge in [-0.3, -0.25) is 0 Å². The van der Waals surface area contributed by atoms with Gasteiger partial charge in [-0.05, 0) is 31.7 Å². The van der Waals surface area contributed by atoms with E-state index in [1.807, 2.05) is 13.3 Å². The number of methoxy groups -OCH3 is 1. The summed E-state index contributed by atoms with van der Waals surface area (Å²) in [5.74, 6) is 1.82. The van der Waals surface area contributed by atoms with E-state index in [0.29, 0.717) is 5.92 Å². The molecule has 0 amide bonds. The first-order chi connectivity index (χ1) is 8.81. The fourth-order valence-corrected chi connectivity index (χ4v) is 2.63. The lowest BCUT2D eigenvalue weighted by atomic mass is 10.1. The minimum atomic E-state index is 0.217. The van der Waals surface area contributed by atoms with Crippen molar-refractivity contribution in [3.63, 3.8) is 0 Å². The minimum absolute atomic E-state index is 0.217. The Morgan fingerprint density at radius 3 is 2.83 bits per heavy atom. The second-order valence-electron chi connectivity index (χ2n) is 5.05. The molecule has 1 saturated carbocycles. The quantitative estimate of drug-likeness (QED) is 0.771. The van der Waals surface area contributed by atoms with Gasteiger partial charge >= 0.3 is 0 Å². The van der Waals surface area contributed by atoms with Crippen molar-refractivity contribution in [3.05, 3.63) is 18.2 Å². The summed E-state index contributed by atoms with van der Waals surface area (Å²) in [6, 6.07) is 0.217. The van der Waals surface area contributed by atoms with Gasteiger partial charge in [0.05, 0.1) is 12.1 Å². The van der Waals surface area contributed by atoms with E-state index in [4.69, 9.17) is 4.74 Å². The third-order valence-corrected chi connectivity index (χ3v) is 3.60. The van der Waals surface area contributed by atoms with Gasteiger partial charge in [0.25, 0.3) is 0 Å². The summed E-state index contributed by atoms with van der Waals surface area (Å²) >= 11 is 0. The molecule has 1 aliphatic carbocycles. The SMILES string of the molecule is CCCn1ccnc1C(NCC)C(OC)C1CC1. The molecule has 0 radical (unpaired) electrons. The molecule has 0 aliphatic heterocycles. The number of nitrogens with zero attached hydrogens (tertiary/aromatic N) is 2. The van der Waals surface area contributed by atoms with Crippen molar-refractivity contribution in [2.24, 2.45) is 5.92 Å². The molecule has 1 aromatic heterocycles. The lowest BCUT2D eigenvalue weighted by Gasteiger charge is -2.27. The molecule has 0 bridgehead atoms. The van der Waals surface area contributed by atoms with Crippen molar-refractivity contribution in [2.45, 2.75) is 51.8 Å². The van der Waals surface area contributed by atoms with Gasteiger partial charge in [-0.2, -0.15) is 0 Å². The molecule has 1 aromatic rings. The standard InChI is InChI=1S/C14H25N3O/c1-4-9-17-10-8-16-14(17)12(15-5-2)13(18-3)11-6-7-11/h8,10-13,15H,4-7,9H2,1-3H3. The van der Waals surface area contributed by atoms with Crippen LogP contribution in [0.2, 0.25) is 0 Å². The van der Waals surface area contributed by atoms with E-state index < -0.39 is 0 Å². The summed E-state index contributed by atoms with van der Waals surface area (Å²) in [6.07, 6.45) is 7.92. The number of likely N-dealkylation sites (N-methyl/N-ethyl adjacent to an activating group) is 1. The third-order valence-electron chi connectivity index (χ3n) is 3.60. The highest BCUT2D eigenvalue weighted by Crippen LogP contribution is 2.39. The lowest BCUT2D eigenvalue weighted by molar-refractivity contribution is 0.0474. The molecule has 0 spiro atoms. The lowest BCUT2D eigenvalue weighted by Crippen LogP contribution is -2.36. The van der Waals surface area contributed by atoms with Crippen LogP contribution in [0.3, 0.4) is 0 Å². The average Bonchev–Trinajstić information content (AvgIpc) is 3.10. The monoisotopic (exact) mass is 251 g/mol. The number of hydrogen-bond acceptors (Lipinski definition) is 3. The van der Waals surface area contributed by atoms with E-state index in [1.54, 1.807) is 0 Å². The second-order valence-corrected chi connectivity index (χ2v) is 5.05. The van der Waals surface area contributed by atoms with Crippen LogP contribution in [0, 0.1) is 5.92 Å². The van der Waals surface area contributed by atoms with Crippen molar-refractivity contribution >= 4 is 0 Å². The molecule has 4 heteroatoms. The Kier molecular flexibility index (Phi) is 4.78. The maximum Gasteiger partial charge on any atom is 0.128 e. The number of hydrogen-bond donors (Lipinski definition) is 1. The van der Waals surface area contributed by atoms with Crippen molar-refractivity contribution in [2.75, 3.05) is 13.7 Å². The van der Waals surface area contributed by atoms with Crippen LogP contribution in [0.25, 0.3) is 0 Å². The van der Waals surface area contributed by atoms with Gasteiger partial charge in [-0.25, -0.2) is 4.98 Å². The van der Waals surface area contributed by atoms with Crippen LogP contribution < -0.4 is 5.32 Å². The Morgan fingerprint density at radius 1 is 1.50 bits per heavy atom. The maximum atomic E-state index is 5.73. The number of aryl methyl sites for hydroxylation is 1. The summed E-state index contributed by atoms with van der Waals surface area (Å²) < 4.78 is 7.98. The number of aromatic nitrogens is 2. The first kappa shape index (κ1) is 13.6. The van der Waals surface area contributed by atoms with E-state index in [9.17, 15) is 0 Å². The molecule has 1 N–H and O–H groups in total. The zero-order chi connectivity index (χ0) is 13.0. The number of rotatable bonds is 8. The molecular weight excluding hydrogens is 226 g/mol. The van der Waals surface area contributed by atoms with Crippen LogP contribution in [-0.4, -0.2) is 29.3 Å². The first-order valence-corrected chi connectivity index (χ1v) is 7.09. The van der Waals surface area contributed by atoms with Crippen LogP contribution >= 0.6 is 0 Å². The highest BCUT2D eigenvalue weighted by molar-refractivity contribution is 5.05. The van der Waals surface area contributed by atoms with Crippen LogP contribution in [-0.2, 0) is 11.3 Å². The highest BCUT2D eigenvalue weighted by Gasteiger charge is 2.38. The average molecular weight is 251 g/mol. The predicted molar refractivity (Wildman–Crippen MR) is 72.5 cm³/mol. The van der Waals surface area contributed by atoms with Crippen molar-refractivity contribution in [1.29, 1.82) is 0 Å². The van der Waals surface area contributed by atoms with Gasteiger partial charge in [0, 0.05) is 26.0 Å². The Bertz CT molecular complexity index is 360. The van der Waals surface area contributed by atoms with Gasteiger partial charge in [-0.15, -0.1) is 0 Å². The maximum absolute atomic E-state index is 5.73. The van der Waals surface area contributed by atoms with Crippen LogP contribution in [0.4, 0.5) is 0 Å². The van der Waals surface area contributed by atoms with E-state index >= 15 is 0 Å². The molecule has 1 fully saturated rings. The summed E-state index contributed by atoms with van der Waals surface area (Å²) in [5.41, 5.74) is 0. The Labute approximate surface area is 110 Å². The third kappa shape index (κ3) is 2.93. The van der Waals surface area contributed by atoms with Crippen molar-refractivity contribution in [3.8, 4) is 0 Å². The molecule has 1 aliphatic rings. The van der Waals surface area contributed by atoms with E-state index in [-0.39, 0.29) is 12.1 Å². The smallest absolute Gasteiger partial charge is 0.128 e. The normalized spacial score (nSPS) is 18.8. The predicted octanol–water partition coefficient (Wildman–Crippen LogP) is 2.37. The number of nitrogens with one attached hydrogen (secondary N) is 1. The molecule has 0 saturated heterocycles. The molecule has 0 aromatic carbocycles. The topological polar surface area (TPSA) is 39.1 Å². The van der Waals surface area contributed by atoms with Gasteiger partial charge in [0.2, 0.25) is 0 Å². The summed E-state index contributed by atoms with van der Waals surface area (Å²) in [5, 5.41) is 3.55. The van der Waals surface area contributed by atoms with Crippen molar-refractivity contribution < 1.29 is 4.74 Å². The number of ether oxygens (including phenoxy) is 1. The van der Waals surface area contributed by atoms with E-state index in [2.05, 4.69) is 34.9 Å². The summed E-state index contributed by atoms with van der Waals surface area (Å²) in [4.78, 5) is 4.55. The Morgan fingerprint density at radius 2 is 2.28 bits per heavy atom. The fourth-order valence-electron chi connectivity index (χ4n) is 2.63. The molecule has 18 heavy (non-hydrogen) atoms. The molecular formula is C14H25N3O. The van der Waals surface area contributed by atoms with Crippen LogP contribution in [0.5, 0.6) is 0 Å². The number of imidazole rings is 1. The fraction of sp³-hybridized carbons (Fsp3) is 0.786.